The number of carbonyl (C=O) groups excluding carboxylic acids is 2. The van der Waals surface area contributed by atoms with E-state index in [1.807, 2.05) is 0 Å². The quantitative estimate of drug-likeness (QED) is 0.288. The molecule has 0 bridgehead atoms. The number of carboxylic acids is 1. The summed E-state index contributed by atoms with van der Waals surface area (Å²) < 4.78 is 55.0. The third kappa shape index (κ3) is 9.77. The zero-order valence-corrected chi connectivity index (χ0v) is 21.9. The van der Waals surface area contributed by atoms with E-state index in [9.17, 15) is 37.1 Å². The molecule has 39 heavy (non-hydrogen) atoms. The first kappa shape index (κ1) is 34.3. The van der Waals surface area contributed by atoms with Gasteiger partial charge in [-0.1, -0.05) is 42.5 Å². The van der Waals surface area contributed by atoms with Crippen LogP contribution in [0.15, 0.2) is 30.3 Å². The van der Waals surface area contributed by atoms with Crippen molar-refractivity contribution in [2.45, 2.75) is 44.5 Å². The predicted octanol–water partition coefficient (Wildman–Crippen LogP) is 3.27. The Labute approximate surface area is 242 Å². The number of rotatable bonds is 7. The molecule has 0 unspecified atom stereocenters. The molecule has 0 spiro atoms. The summed E-state index contributed by atoms with van der Waals surface area (Å²) >= 11 is 11.8. The third-order valence-corrected chi connectivity index (χ3v) is 6.23. The van der Waals surface area contributed by atoms with E-state index in [0.717, 1.165) is 49.6 Å². The van der Waals surface area contributed by atoms with Gasteiger partial charge < -0.3 is 31.3 Å². The van der Waals surface area contributed by atoms with Gasteiger partial charge >= 0.3 is 37.2 Å². The summed E-state index contributed by atoms with van der Waals surface area (Å²) in [7, 11) is 0. The van der Waals surface area contributed by atoms with Crippen LogP contribution in [0.5, 0.6) is 5.75 Å². The van der Waals surface area contributed by atoms with Crippen molar-refractivity contribution in [2.24, 2.45) is 5.92 Å². The van der Waals surface area contributed by atoms with Crippen molar-refractivity contribution in [3.8, 4) is 5.75 Å². The van der Waals surface area contributed by atoms with Crippen molar-refractivity contribution in [1.82, 2.24) is 5.32 Å². The average Bonchev–Trinajstić information content (AvgIpc) is 2.79. The van der Waals surface area contributed by atoms with E-state index in [4.69, 9.17) is 23.2 Å². The number of urea groups is 1. The molecule has 9 nitrogen and oxygen atoms in total. The van der Waals surface area contributed by atoms with Gasteiger partial charge in [0.15, 0.2) is 0 Å². The normalized spacial score (nSPS) is 14.2. The van der Waals surface area contributed by atoms with Crippen molar-refractivity contribution >= 4 is 52.5 Å². The van der Waals surface area contributed by atoms with Crippen LogP contribution >= 0.6 is 23.2 Å². The van der Waals surface area contributed by atoms with Crippen molar-refractivity contribution in [3.05, 3.63) is 51.8 Å². The minimum Gasteiger partial charge on any atom is -0.870 e. The number of benzene rings is 2. The predicted molar refractivity (Wildman–Crippen MR) is 130 cm³/mol. The van der Waals surface area contributed by atoms with Crippen molar-refractivity contribution in [2.75, 3.05) is 10.6 Å². The number of hydrogen-bond donors (Lipinski definition) is 4. The van der Waals surface area contributed by atoms with Gasteiger partial charge in [0.05, 0.1) is 27.0 Å². The maximum Gasteiger partial charge on any atom is 1.00 e. The number of hydrogen-bond acceptors (Lipinski definition) is 5. The molecule has 1 saturated carbocycles. The van der Waals surface area contributed by atoms with Crippen LogP contribution in [0.2, 0.25) is 10.0 Å². The second-order valence-corrected chi connectivity index (χ2v) is 9.08. The Morgan fingerprint density at radius 3 is 2.13 bits per heavy atom. The van der Waals surface area contributed by atoms with E-state index in [1.54, 1.807) is 0 Å². The number of carboxylic acid groups (broad SMARTS) is 1. The number of amides is 3. The summed E-state index contributed by atoms with van der Waals surface area (Å²) in [5, 5.41) is 15.7. The fraction of sp³-hybridized carbons (Fsp3) is 0.348. The number of nitrogens with one attached hydrogen (secondary N) is 3. The number of aliphatic carboxylic acids is 1. The van der Waals surface area contributed by atoms with Gasteiger partial charge in [0, 0.05) is 12.1 Å². The zero-order chi connectivity index (χ0) is 27.3. The molecule has 208 valence electrons. The van der Waals surface area contributed by atoms with E-state index in [2.05, 4.69) is 20.7 Å². The number of alkyl halides is 3. The van der Waals surface area contributed by atoms with Gasteiger partial charge in [-0.3, -0.25) is 4.79 Å². The Morgan fingerprint density at radius 1 is 1.00 bits per heavy atom. The fourth-order valence-corrected chi connectivity index (χ4v) is 4.58. The molecule has 2 aromatic carbocycles. The zero-order valence-electron chi connectivity index (χ0n) is 20.4. The fourth-order valence-electron chi connectivity index (χ4n) is 4.01. The molecule has 0 aromatic heterocycles. The molecule has 0 radical (unpaired) electrons. The van der Waals surface area contributed by atoms with E-state index in [-0.39, 0.29) is 47.2 Å². The van der Waals surface area contributed by atoms with Gasteiger partial charge in [-0.25, -0.2) is 14.0 Å². The van der Waals surface area contributed by atoms with Crippen LogP contribution in [0.1, 0.15) is 42.5 Å². The van der Waals surface area contributed by atoms with Gasteiger partial charge in [-0.15, -0.1) is 13.2 Å². The Kier molecular flexibility index (Phi) is 12.9. The molecule has 2 aromatic rings. The number of carbonyl (C=O) groups is 3. The Morgan fingerprint density at radius 2 is 1.59 bits per heavy atom. The van der Waals surface area contributed by atoms with Crippen molar-refractivity contribution in [1.29, 1.82) is 0 Å². The molecular formula is C23H22Cl2F4LiN3O6. The molecule has 0 saturated heterocycles. The van der Waals surface area contributed by atoms with E-state index in [1.165, 1.54) is 0 Å². The number of ether oxygens (including phenoxy) is 1. The minimum absolute atomic E-state index is 0. The molecule has 16 heteroatoms. The van der Waals surface area contributed by atoms with Crippen LogP contribution in [0, 0.1) is 11.7 Å². The largest absolute Gasteiger partial charge is 1.00 e. The van der Waals surface area contributed by atoms with Crippen LogP contribution in [-0.2, 0) is 4.79 Å². The molecule has 1 aliphatic carbocycles. The molecule has 1 atom stereocenters. The molecule has 5 N–H and O–H groups in total. The first-order valence-corrected chi connectivity index (χ1v) is 11.8. The monoisotopic (exact) mass is 589 g/mol. The summed E-state index contributed by atoms with van der Waals surface area (Å²) in [5.41, 5.74) is -0.794. The molecule has 0 heterocycles. The van der Waals surface area contributed by atoms with Gasteiger partial charge in [-0.2, -0.15) is 0 Å². The van der Waals surface area contributed by atoms with Crippen LogP contribution < -0.4 is 39.5 Å². The van der Waals surface area contributed by atoms with Crippen LogP contribution in [0.25, 0.3) is 0 Å². The summed E-state index contributed by atoms with van der Waals surface area (Å²) in [6, 6.07) is 2.19. The smallest absolute Gasteiger partial charge is 0.870 e. The standard InChI is InChI=1S/C23H21Cl2F4N3O5.Li.H2O/c24-15-9-13(37-23(27,28)29)10-16(25)19(15)32-22(36)30-17-8-12(26)6-7-14(17)20(33)31-18(21(34)35)11-4-2-1-3-5-11;;/h6-11,18H,1-5H2,(H,31,33)(H,34,35)(H2,30,32,36);;1H2/q;+1;/p-1/t18-;;/m0../s1. The Balaban J connectivity index is 0.00000380. The van der Waals surface area contributed by atoms with Gasteiger partial charge in [0.25, 0.3) is 5.91 Å². The second kappa shape index (κ2) is 14.6. The average molecular weight is 590 g/mol. The summed E-state index contributed by atoms with van der Waals surface area (Å²) in [5.74, 6) is -3.86. The van der Waals surface area contributed by atoms with Crippen molar-refractivity contribution in [3.63, 3.8) is 0 Å². The maximum absolute atomic E-state index is 13.9. The van der Waals surface area contributed by atoms with E-state index >= 15 is 0 Å². The molecular weight excluding hydrogens is 568 g/mol. The van der Waals surface area contributed by atoms with E-state index in [0.29, 0.717) is 12.8 Å². The summed E-state index contributed by atoms with van der Waals surface area (Å²) in [6.45, 7) is 0. The van der Waals surface area contributed by atoms with E-state index < -0.39 is 51.9 Å². The van der Waals surface area contributed by atoms with Crippen LogP contribution in [-0.4, -0.2) is 40.9 Å². The SMILES string of the molecule is O=C(Nc1cc(F)ccc1C(=O)N[C@H](C(=O)O)C1CCCCC1)Nc1c(Cl)cc(OC(F)(F)F)cc1Cl.[Li+].[OH-]. The third-order valence-electron chi connectivity index (χ3n) is 5.64. The van der Waals surface area contributed by atoms with Gasteiger partial charge in [0.1, 0.15) is 17.6 Å². The van der Waals surface area contributed by atoms with Gasteiger partial charge in [-0.05, 0) is 37.0 Å². The molecule has 0 aliphatic heterocycles. The van der Waals surface area contributed by atoms with Crippen LogP contribution in [0.3, 0.4) is 0 Å². The summed E-state index contributed by atoms with van der Waals surface area (Å²) in [4.78, 5) is 37.3. The maximum atomic E-state index is 13.9. The number of anilines is 2. The topological polar surface area (TPSA) is 147 Å². The molecule has 1 aliphatic rings. The van der Waals surface area contributed by atoms with Crippen molar-refractivity contribution < 1.29 is 66.1 Å². The summed E-state index contributed by atoms with van der Waals surface area (Å²) in [6.07, 6.45) is -1.09. The molecule has 3 rings (SSSR count). The first-order valence-electron chi connectivity index (χ1n) is 11.0. The van der Waals surface area contributed by atoms with Crippen LogP contribution in [0.4, 0.5) is 33.7 Å². The molecule has 3 amide bonds. The Bertz CT molecular complexity index is 1180. The second-order valence-electron chi connectivity index (χ2n) is 8.27. The first-order chi connectivity index (χ1) is 17.3. The number of halogens is 6. The van der Waals surface area contributed by atoms with Gasteiger partial charge in [0.2, 0.25) is 0 Å². The minimum atomic E-state index is -5.00. The molecule has 1 fully saturated rings. The Hall–Kier alpha value is -2.69.